The monoisotopic (exact) mass is 454 g/mol. The summed E-state index contributed by atoms with van der Waals surface area (Å²) in [5, 5.41) is 4.22. The van der Waals surface area contributed by atoms with Crippen molar-refractivity contribution in [2.45, 2.75) is 31.6 Å². The van der Waals surface area contributed by atoms with Gasteiger partial charge in [-0.1, -0.05) is 0 Å². The Morgan fingerprint density at radius 3 is 2.62 bits per heavy atom. The van der Waals surface area contributed by atoms with Crippen LogP contribution in [0, 0.1) is 3.70 Å². The molecule has 1 aliphatic rings. The number of anilines is 1. The molecular formula is C16H18F3IN2O2. The van der Waals surface area contributed by atoms with Crippen LogP contribution in [-0.2, 0) is 11.3 Å². The third-order valence-electron chi connectivity index (χ3n) is 4.10. The second-order valence-electron chi connectivity index (χ2n) is 5.81. The molecule has 1 aromatic heterocycles. The summed E-state index contributed by atoms with van der Waals surface area (Å²) in [4.78, 5) is 0. The van der Waals surface area contributed by atoms with E-state index < -0.39 is 12.7 Å². The van der Waals surface area contributed by atoms with Crippen molar-refractivity contribution in [3.05, 3.63) is 21.9 Å². The number of alkyl halides is 3. The minimum Gasteiger partial charge on any atom is -0.497 e. The van der Waals surface area contributed by atoms with E-state index in [1.165, 1.54) is 11.7 Å². The van der Waals surface area contributed by atoms with Crippen molar-refractivity contribution >= 4 is 39.2 Å². The lowest BCUT2D eigenvalue weighted by Crippen LogP contribution is -2.27. The van der Waals surface area contributed by atoms with E-state index in [9.17, 15) is 13.2 Å². The Hall–Kier alpha value is -1.16. The Morgan fingerprint density at radius 1 is 1.29 bits per heavy atom. The van der Waals surface area contributed by atoms with E-state index in [2.05, 4.69) is 5.32 Å². The normalized spacial score (nSPS) is 16.5. The Morgan fingerprint density at radius 2 is 2.00 bits per heavy atom. The molecule has 1 aliphatic heterocycles. The summed E-state index contributed by atoms with van der Waals surface area (Å²) in [5.74, 6) is 0.537. The van der Waals surface area contributed by atoms with Crippen molar-refractivity contribution in [1.82, 2.24) is 4.57 Å². The first-order valence-electron chi connectivity index (χ1n) is 7.65. The van der Waals surface area contributed by atoms with Crippen LogP contribution in [0.4, 0.5) is 18.9 Å². The zero-order chi connectivity index (χ0) is 17.3. The number of nitrogens with zero attached hydrogens (tertiary/aromatic N) is 1. The highest BCUT2D eigenvalue weighted by atomic mass is 127. The molecule has 8 heteroatoms. The summed E-state index contributed by atoms with van der Waals surface area (Å²) < 4.78 is 51.1. The van der Waals surface area contributed by atoms with Crippen LogP contribution in [0.15, 0.2) is 18.2 Å². The SMILES string of the molecule is COc1cc(NC2CCOCC2)c2cc(I)n(CC(F)(F)F)c2c1. The van der Waals surface area contributed by atoms with Crippen LogP contribution in [0.2, 0.25) is 0 Å². The Bertz CT molecular complexity index is 724. The molecule has 1 saturated heterocycles. The van der Waals surface area contributed by atoms with Crippen LogP contribution in [0.1, 0.15) is 12.8 Å². The second kappa shape index (κ2) is 6.99. The summed E-state index contributed by atoms with van der Waals surface area (Å²) in [6.45, 7) is 0.368. The highest BCUT2D eigenvalue weighted by Crippen LogP contribution is 2.35. The highest BCUT2D eigenvalue weighted by Gasteiger charge is 2.30. The molecule has 0 amide bonds. The molecule has 0 atom stereocenters. The van der Waals surface area contributed by atoms with Gasteiger partial charge >= 0.3 is 6.18 Å². The molecule has 4 nitrogen and oxygen atoms in total. The van der Waals surface area contributed by atoms with Crippen molar-refractivity contribution in [3.63, 3.8) is 0 Å². The number of nitrogens with one attached hydrogen (secondary N) is 1. The quantitative estimate of drug-likeness (QED) is 0.696. The largest absolute Gasteiger partial charge is 0.497 e. The number of ether oxygens (including phenoxy) is 2. The second-order valence-corrected chi connectivity index (χ2v) is 6.91. The molecule has 0 bridgehead atoms. The maximum atomic E-state index is 12.9. The Labute approximate surface area is 151 Å². The third kappa shape index (κ3) is 3.90. The summed E-state index contributed by atoms with van der Waals surface area (Å²) in [7, 11) is 1.52. The highest BCUT2D eigenvalue weighted by molar-refractivity contribution is 14.1. The molecule has 3 rings (SSSR count). The van der Waals surface area contributed by atoms with Gasteiger partial charge in [0.1, 0.15) is 12.3 Å². The number of hydrogen-bond donors (Lipinski definition) is 1. The predicted molar refractivity (Wildman–Crippen MR) is 94.7 cm³/mol. The number of aromatic nitrogens is 1. The van der Waals surface area contributed by atoms with Crippen LogP contribution in [0.5, 0.6) is 5.75 Å². The topological polar surface area (TPSA) is 35.4 Å². The van der Waals surface area contributed by atoms with E-state index in [4.69, 9.17) is 9.47 Å². The minimum absolute atomic E-state index is 0.248. The van der Waals surface area contributed by atoms with Crippen LogP contribution in [0.3, 0.4) is 0 Å². The number of hydrogen-bond acceptors (Lipinski definition) is 3. The van der Waals surface area contributed by atoms with Crippen molar-refractivity contribution in [1.29, 1.82) is 0 Å². The standard InChI is InChI=1S/C16H18F3IN2O2/c1-23-11-6-13(21-10-2-4-24-5-3-10)12-8-15(20)22(14(12)7-11)9-16(17,18)19/h6-8,10,21H,2-5,9H2,1H3. The van der Waals surface area contributed by atoms with Gasteiger partial charge in [-0.05, 0) is 41.5 Å². The lowest BCUT2D eigenvalue weighted by atomic mass is 10.1. The molecule has 24 heavy (non-hydrogen) atoms. The molecule has 0 saturated carbocycles. The average molecular weight is 454 g/mol. The van der Waals surface area contributed by atoms with Gasteiger partial charge < -0.3 is 19.4 Å². The van der Waals surface area contributed by atoms with Crippen LogP contribution >= 0.6 is 22.6 Å². The van der Waals surface area contributed by atoms with Gasteiger partial charge in [-0.15, -0.1) is 0 Å². The van der Waals surface area contributed by atoms with Crippen molar-refractivity contribution < 1.29 is 22.6 Å². The number of methoxy groups -OCH3 is 1. The van der Waals surface area contributed by atoms with Gasteiger partial charge in [0.15, 0.2) is 0 Å². The van der Waals surface area contributed by atoms with Crippen LogP contribution < -0.4 is 10.1 Å². The lowest BCUT2D eigenvalue weighted by molar-refractivity contribution is -0.140. The molecular weight excluding hydrogens is 436 g/mol. The molecule has 1 N–H and O–H groups in total. The van der Waals surface area contributed by atoms with E-state index >= 15 is 0 Å². The summed E-state index contributed by atoms with van der Waals surface area (Å²) in [6.07, 6.45) is -2.53. The van der Waals surface area contributed by atoms with Gasteiger partial charge in [0.05, 0.1) is 16.3 Å². The predicted octanol–water partition coefficient (Wildman–Crippen LogP) is 4.41. The molecule has 2 heterocycles. The van der Waals surface area contributed by atoms with E-state index in [0.717, 1.165) is 23.9 Å². The molecule has 0 radical (unpaired) electrons. The van der Waals surface area contributed by atoms with Gasteiger partial charge in [-0.25, -0.2) is 0 Å². The van der Waals surface area contributed by atoms with Crippen molar-refractivity contribution in [3.8, 4) is 5.75 Å². The zero-order valence-corrected chi connectivity index (χ0v) is 15.3. The average Bonchev–Trinajstić information content (AvgIpc) is 2.83. The fourth-order valence-corrected chi connectivity index (χ4v) is 3.68. The summed E-state index contributed by atoms with van der Waals surface area (Å²) in [6, 6.07) is 5.52. The van der Waals surface area contributed by atoms with Crippen molar-refractivity contribution in [2.24, 2.45) is 0 Å². The molecule has 0 unspecified atom stereocenters. The van der Waals surface area contributed by atoms with Gasteiger partial charge in [-0.3, -0.25) is 0 Å². The fraction of sp³-hybridized carbons (Fsp3) is 0.500. The van der Waals surface area contributed by atoms with Crippen LogP contribution in [0.25, 0.3) is 10.9 Å². The van der Waals surface area contributed by atoms with E-state index in [-0.39, 0.29) is 6.04 Å². The Balaban J connectivity index is 2.03. The number of benzene rings is 1. The molecule has 0 aliphatic carbocycles. The first kappa shape index (κ1) is 17.7. The van der Waals surface area contributed by atoms with Gasteiger partial charge in [-0.2, -0.15) is 13.2 Å². The third-order valence-corrected chi connectivity index (χ3v) is 4.99. The first-order valence-corrected chi connectivity index (χ1v) is 8.73. The van der Waals surface area contributed by atoms with Crippen molar-refractivity contribution in [2.75, 3.05) is 25.6 Å². The number of halogens is 4. The smallest absolute Gasteiger partial charge is 0.406 e. The molecule has 0 spiro atoms. The van der Waals surface area contributed by atoms with Gasteiger partial charge in [0, 0.05) is 42.5 Å². The van der Waals surface area contributed by atoms with Gasteiger partial charge in [0.25, 0.3) is 0 Å². The summed E-state index contributed by atoms with van der Waals surface area (Å²) in [5.41, 5.74) is 1.32. The maximum absolute atomic E-state index is 12.9. The fourth-order valence-electron chi connectivity index (χ4n) is 2.94. The minimum atomic E-state index is -4.27. The van der Waals surface area contributed by atoms with Gasteiger partial charge in [0.2, 0.25) is 0 Å². The number of rotatable bonds is 4. The lowest BCUT2D eigenvalue weighted by Gasteiger charge is -2.25. The molecule has 2 aromatic rings. The van der Waals surface area contributed by atoms with E-state index in [0.29, 0.717) is 28.2 Å². The molecule has 132 valence electrons. The van der Waals surface area contributed by atoms with Crippen LogP contribution in [-0.4, -0.2) is 37.1 Å². The molecule has 1 fully saturated rings. The molecule has 1 aromatic carbocycles. The van der Waals surface area contributed by atoms with E-state index in [1.54, 1.807) is 12.1 Å². The Kier molecular flexibility index (Phi) is 5.14. The maximum Gasteiger partial charge on any atom is 0.406 e. The zero-order valence-electron chi connectivity index (χ0n) is 13.1. The number of fused-ring (bicyclic) bond motifs is 1. The first-order chi connectivity index (χ1) is 11.4. The van der Waals surface area contributed by atoms with E-state index in [1.807, 2.05) is 28.7 Å². The summed E-state index contributed by atoms with van der Waals surface area (Å²) >= 11 is 1.94.